The smallest absolute Gasteiger partial charge is 0.235 e. The van der Waals surface area contributed by atoms with Gasteiger partial charge in [0.1, 0.15) is 11.4 Å². The van der Waals surface area contributed by atoms with Crippen LogP contribution in [0.5, 0.6) is 0 Å². The predicted octanol–water partition coefficient (Wildman–Crippen LogP) is 2.60. The van der Waals surface area contributed by atoms with Crippen molar-refractivity contribution in [2.24, 2.45) is 12.0 Å². The highest BCUT2D eigenvalue weighted by Crippen LogP contribution is 2.46. The SMILES string of the molecule is Cc1nc2c(C3(N=C=O)CCC3)cccc2n1C. The number of para-hydroxylation sites is 1. The van der Waals surface area contributed by atoms with E-state index in [-0.39, 0.29) is 5.54 Å². The lowest BCUT2D eigenvalue weighted by Gasteiger charge is -2.37. The van der Waals surface area contributed by atoms with Crippen LogP contribution in [0.4, 0.5) is 0 Å². The van der Waals surface area contributed by atoms with Crippen LogP contribution in [-0.4, -0.2) is 15.6 Å². The van der Waals surface area contributed by atoms with Crippen molar-refractivity contribution in [3.63, 3.8) is 0 Å². The van der Waals surface area contributed by atoms with E-state index in [0.717, 1.165) is 41.7 Å². The van der Waals surface area contributed by atoms with Crippen LogP contribution < -0.4 is 0 Å². The van der Waals surface area contributed by atoms with Gasteiger partial charge in [-0.2, -0.15) is 4.99 Å². The zero-order chi connectivity index (χ0) is 12.8. The first-order valence-corrected chi connectivity index (χ1v) is 6.19. The standard InChI is InChI=1S/C14H15N3O/c1-10-16-13-11(5-3-6-12(13)17(10)2)14(15-9-18)7-4-8-14/h3,5-6H,4,7-8H2,1-2H3. The molecule has 4 heteroatoms. The maximum atomic E-state index is 10.7. The van der Waals surface area contributed by atoms with E-state index in [2.05, 4.69) is 20.6 Å². The molecular formula is C14H15N3O. The molecule has 0 N–H and O–H groups in total. The first kappa shape index (κ1) is 11.2. The molecule has 92 valence electrons. The third-order valence-electron chi connectivity index (χ3n) is 4.08. The molecule has 4 nitrogen and oxygen atoms in total. The van der Waals surface area contributed by atoms with Crippen molar-refractivity contribution in [3.8, 4) is 0 Å². The van der Waals surface area contributed by atoms with Crippen molar-refractivity contribution in [3.05, 3.63) is 29.6 Å². The Morgan fingerprint density at radius 3 is 2.83 bits per heavy atom. The quantitative estimate of drug-likeness (QED) is 0.599. The average molecular weight is 241 g/mol. The van der Waals surface area contributed by atoms with Crippen LogP contribution in [0.15, 0.2) is 23.2 Å². The monoisotopic (exact) mass is 241 g/mol. The van der Waals surface area contributed by atoms with Gasteiger partial charge in [-0.25, -0.2) is 9.78 Å². The number of hydrogen-bond acceptors (Lipinski definition) is 3. The Labute approximate surface area is 105 Å². The molecule has 3 rings (SSSR count). The highest BCUT2D eigenvalue weighted by molar-refractivity contribution is 5.81. The molecule has 1 fully saturated rings. The van der Waals surface area contributed by atoms with Gasteiger partial charge in [-0.05, 0) is 32.3 Å². The molecular weight excluding hydrogens is 226 g/mol. The van der Waals surface area contributed by atoms with Gasteiger partial charge in [-0.15, -0.1) is 0 Å². The number of aromatic nitrogens is 2. The molecule has 0 amide bonds. The van der Waals surface area contributed by atoms with Gasteiger partial charge in [-0.1, -0.05) is 12.1 Å². The number of aliphatic imine (C=N–C) groups is 1. The molecule has 0 bridgehead atoms. The Balaban J connectivity index is 2.29. The number of hydrogen-bond donors (Lipinski definition) is 0. The maximum Gasteiger partial charge on any atom is 0.235 e. The second-order valence-corrected chi connectivity index (χ2v) is 4.98. The fourth-order valence-corrected chi connectivity index (χ4v) is 2.75. The molecule has 1 aliphatic carbocycles. The van der Waals surface area contributed by atoms with Crippen LogP contribution in [0, 0.1) is 6.92 Å². The summed E-state index contributed by atoms with van der Waals surface area (Å²) < 4.78 is 2.07. The maximum absolute atomic E-state index is 10.7. The third kappa shape index (κ3) is 1.36. The Kier molecular flexibility index (Phi) is 2.35. The van der Waals surface area contributed by atoms with E-state index in [9.17, 15) is 4.79 Å². The molecule has 0 aliphatic heterocycles. The lowest BCUT2D eigenvalue weighted by Crippen LogP contribution is -2.32. The van der Waals surface area contributed by atoms with Crippen molar-refractivity contribution in [1.82, 2.24) is 9.55 Å². The molecule has 0 atom stereocenters. The number of aryl methyl sites for hydroxylation is 2. The molecule has 0 unspecified atom stereocenters. The Morgan fingerprint density at radius 2 is 2.22 bits per heavy atom. The van der Waals surface area contributed by atoms with Gasteiger partial charge < -0.3 is 4.57 Å². The number of nitrogens with zero attached hydrogens (tertiary/aromatic N) is 3. The number of imidazole rings is 1. The van der Waals surface area contributed by atoms with E-state index in [1.807, 2.05) is 26.1 Å². The highest BCUT2D eigenvalue weighted by atomic mass is 16.1. The fraction of sp³-hybridized carbons (Fsp3) is 0.429. The Morgan fingerprint density at radius 1 is 1.44 bits per heavy atom. The van der Waals surface area contributed by atoms with Gasteiger partial charge in [0.15, 0.2) is 0 Å². The second kappa shape index (κ2) is 3.79. The van der Waals surface area contributed by atoms with E-state index in [4.69, 9.17) is 0 Å². The van der Waals surface area contributed by atoms with Crippen molar-refractivity contribution < 1.29 is 4.79 Å². The molecule has 1 heterocycles. The number of fused-ring (bicyclic) bond motifs is 1. The third-order valence-corrected chi connectivity index (χ3v) is 4.08. The number of rotatable bonds is 2. The number of carbonyl (C=O) groups excluding carboxylic acids is 1. The molecule has 0 radical (unpaired) electrons. The van der Waals surface area contributed by atoms with Gasteiger partial charge in [0.2, 0.25) is 6.08 Å². The van der Waals surface area contributed by atoms with E-state index >= 15 is 0 Å². The normalized spacial score (nSPS) is 17.2. The minimum atomic E-state index is -0.373. The van der Waals surface area contributed by atoms with Gasteiger partial charge in [0, 0.05) is 12.6 Å². The van der Waals surface area contributed by atoms with E-state index in [0.29, 0.717) is 0 Å². The molecule has 1 saturated carbocycles. The van der Waals surface area contributed by atoms with Crippen LogP contribution in [-0.2, 0) is 17.4 Å². The first-order chi connectivity index (χ1) is 8.68. The zero-order valence-corrected chi connectivity index (χ0v) is 10.6. The van der Waals surface area contributed by atoms with E-state index in [1.54, 1.807) is 6.08 Å². The number of isocyanates is 1. The summed E-state index contributed by atoms with van der Waals surface area (Å²) in [5, 5.41) is 0. The summed E-state index contributed by atoms with van der Waals surface area (Å²) in [7, 11) is 2.00. The van der Waals surface area contributed by atoms with Crippen LogP contribution in [0.3, 0.4) is 0 Å². The lowest BCUT2D eigenvalue weighted by molar-refractivity contribution is 0.258. The molecule has 0 spiro atoms. The van der Waals surface area contributed by atoms with Crippen LogP contribution in [0.2, 0.25) is 0 Å². The summed E-state index contributed by atoms with van der Waals surface area (Å²) in [4.78, 5) is 19.4. The van der Waals surface area contributed by atoms with Crippen LogP contribution in [0.25, 0.3) is 11.0 Å². The molecule has 1 aliphatic rings. The molecule has 0 saturated heterocycles. The van der Waals surface area contributed by atoms with Crippen LogP contribution >= 0.6 is 0 Å². The lowest BCUT2D eigenvalue weighted by atomic mass is 9.72. The summed E-state index contributed by atoms with van der Waals surface area (Å²) in [6.45, 7) is 1.99. The van der Waals surface area contributed by atoms with E-state index in [1.165, 1.54) is 0 Å². The number of benzene rings is 1. The highest BCUT2D eigenvalue weighted by Gasteiger charge is 2.40. The van der Waals surface area contributed by atoms with E-state index < -0.39 is 0 Å². The van der Waals surface area contributed by atoms with Crippen molar-refractivity contribution in [2.75, 3.05) is 0 Å². The topological polar surface area (TPSA) is 47.2 Å². The minimum Gasteiger partial charge on any atom is -0.331 e. The molecule has 1 aromatic heterocycles. The van der Waals surface area contributed by atoms with Crippen molar-refractivity contribution in [2.45, 2.75) is 31.7 Å². The summed E-state index contributed by atoms with van der Waals surface area (Å²) in [5.74, 6) is 0.974. The van der Waals surface area contributed by atoms with Gasteiger partial charge >= 0.3 is 0 Å². The Bertz CT molecular complexity index is 661. The van der Waals surface area contributed by atoms with Crippen molar-refractivity contribution >= 4 is 17.1 Å². The summed E-state index contributed by atoms with van der Waals surface area (Å²) in [5.41, 5.74) is 2.76. The first-order valence-electron chi connectivity index (χ1n) is 6.19. The van der Waals surface area contributed by atoms with Crippen molar-refractivity contribution in [1.29, 1.82) is 0 Å². The van der Waals surface area contributed by atoms with Crippen LogP contribution in [0.1, 0.15) is 30.7 Å². The largest absolute Gasteiger partial charge is 0.331 e. The van der Waals surface area contributed by atoms with Gasteiger partial charge in [-0.3, -0.25) is 0 Å². The summed E-state index contributed by atoms with van der Waals surface area (Å²) in [6.07, 6.45) is 4.67. The average Bonchev–Trinajstić information content (AvgIpc) is 2.61. The van der Waals surface area contributed by atoms with Gasteiger partial charge in [0.25, 0.3) is 0 Å². The minimum absolute atomic E-state index is 0.373. The second-order valence-electron chi connectivity index (χ2n) is 4.98. The molecule has 1 aromatic carbocycles. The van der Waals surface area contributed by atoms with Gasteiger partial charge in [0.05, 0.1) is 11.0 Å². The zero-order valence-electron chi connectivity index (χ0n) is 10.6. The fourth-order valence-electron chi connectivity index (χ4n) is 2.75. The summed E-state index contributed by atoms with van der Waals surface area (Å²) >= 11 is 0. The predicted molar refractivity (Wildman–Crippen MR) is 69.1 cm³/mol. The summed E-state index contributed by atoms with van der Waals surface area (Å²) in [6, 6.07) is 6.10. The molecule has 2 aromatic rings. The Hall–Kier alpha value is -1.93. The molecule has 18 heavy (non-hydrogen) atoms.